The van der Waals surface area contributed by atoms with Crippen molar-refractivity contribution >= 4 is 23.1 Å². The Morgan fingerprint density at radius 1 is 0.862 bits per heavy atom. The Labute approximate surface area is 170 Å². The van der Waals surface area contributed by atoms with E-state index in [0.29, 0.717) is 0 Å². The van der Waals surface area contributed by atoms with E-state index in [1.807, 2.05) is 48.5 Å². The summed E-state index contributed by atoms with van der Waals surface area (Å²) in [6.45, 7) is 3.47. The lowest BCUT2D eigenvalue weighted by atomic mass is 10.2. The molecule has 1 aliphatic heterocycles. The van der Waals surface area contributed by atoms with Crippen molar-refractivity contribution in [1.29, 1.82) is 0 Å². The molecule has 0 spiro atoms. The molecular formula is C22H25N5O2. The second-order valence-corrected chi connectivity index (χ2v) is 6.74. The van der Waals surface area contributed by atoms with Crippen LogP contribution in [-0.4, -0.2) is 50.4 Å². The number of benzene rings is 2. The SMILES string of the molecule is COc1cccc(Nc2ccnc(N3CCN(c4ccccc4OC)CC3)n2)c1. The Balaban J connectivity index is 1.43. The summed E-state index contributed by atoms with van der Waals surface area (Å²) in [6, 6.07) is 17.8. The van der Waals surface area contributed by atoms with Crippen molar-refractivity contribution in [1.82, 2.24) is 9.97 Å². The van der Waals surface area contributed by atoms with Gasteiger partial charge in [0.05, 0.1) is 19.9 Å². The number of para-hydroxylation sites is 2. The average Bonchev–Trinajstić information content (AvgIpc) is 2.79. The number of hydrogen-bond acceptors (Lipinski definition) is 7. The Morgan fingerprint density at radius 2 is 1.66 bits per heavy atom. The number of methoxy groups -OCH3 is 2. The molecule has 3 aromatic rings. The predicted octanol–water partition coefficient (Wildman–Crippen LogP) is 3.56. The van der Waals surface area contributed by atoms with Crippen molar-refractivity contribution in [3.8, 4) is 11.5 Å². The van der Waals surface area contributed by atoms with Crippen molar-refractivity contribution < 1.29 is 9.47 Å². The number of rotatable bonds is 6. The molecule has 0 aliphatic carbocycles. The fraction of sp³-hybridized carbons (Fsp3) is 0.273. The third-order valence-electron chi connectivity index (χ3n) is 4.97. The summed E-state index contributed by atoms with van der Waals surface area (Å²) in [4.78, 5) is 13.7. The van der Waals surface area contributed by atoms with E-state index in [2.05, 4.69) is 26.2 Å². The molecule has 0 bridgehead atoms. The number of nitrogens with zero attached hydrogens (tertiary/aromatic N) is 4. The smallest absolute Gasteiger partial charge is 0.227 e. The van der Waals surface area contributed by atoms with Gasteiger partial charge in [-0.2, -0.15) is 4.98 Å². The number of ether oxygens (including phenoxy) is 2. The summed E-state index contributed by atoms with van der Waals surface area (Å²) in [5.74, 6) is 3.20. The van der Waals surface area contributed by atoms with Gasteiger partial charge in [-0.1, -0.05) is 18.2 Å². The molecule has 1 aromatic heterocycles. The molecule has 0 atom stereocenters. The highest BCUT2D eigenvalue weighted by atomic mass is 16.5. The second-order valence-electron chi connectivity index (χ2n) is 6.74. The zero-order valence-electron chi connectivity index (χ0n) is 16.7. The van der Waals surface area contributed by atoms with Crippen molar-refractivity contribution in [3.05, 3.63) is 60.8 Å². The maximum atomic E-state index is 5.50. The fourth-order valence-corrected chi connectivity index (χ4v) is 3.46. The van der Waals surface area contributed by atoms with Gasteiger partial charge in [-0.15, -0.1) is 0 Å². The maximum Gasteiger partial charge on any atom is 0.227 e. The summed E-state index contributed by atoms with van der Waals surface area (Å²) in [5.41, 5.74) is 2.05. The Hall–Kier alpha value is -3.48. The van der Waals surface area contributed by atoms with Gasteiger partial charge >= 0.3 is 0 Å². The number of hydrogen-bond donors (Lipinski definition) is 1. The first kappa shape index (κ1) is 18.9. The first-order chi connectivity index (χ1) is 14.3. The quantitative estimate of drug-likeness (QED) is 0.689. The van der Waals surface area contributed by atoms with Gasteiger partial charge < -0.3 is 24.6 Å². The molecule has 1 aliphatic rings. The molecule has 1 fully saturated rings. The van der Waals surface area contributed by atoms with Crippen LogP contribution in [0.1, 0.15) is 0 Å². The molecule has 0 saturated carbocycles. The molecule has 0 unspecified atom stereocenters. The monoisotopic (exact) mass is 391 g/mol. The molecule has 1 saturated heterocycles. The van der Waals surface area contributed by atoms with Crippen LogP contribution in [0.3, 0.4) is 0 Å². The summed E-state index contributed by atoms with van der Waals surface area (Å²) in [7, 11) is 3.37. The van der Waals surface area contributed by atoms with Gasteiger partial charge in [0, 0.05) is 44.1 Å². The minimum atomic E-state index is 0.734. The lowest BCUT2D eigenvalue weighted by molar-refractivity contribution is 0.413. The van der Waals surface area contributed by atoms with E-state index in [-0.39, 0.29) is 0 Å². The van der Waals surface area contributed by atoms with Crippen molar-refractivity contribution in [2.24, 2.45) is 0 Å². The standard InChI is InChI=1S/C22H25N5O2/c1-28-18-7-5-6-17(16-18)24-21-10-11-23-22(25-21)27-14-12-26(13-15-27)19-8-3-4-9-20(19)29-2/h3-11,16H,12-15H2,1-2H3,(H,23,24,25). The van der Waals surface area contributed by atoms with Crippen LogP contribution in [0.5, 0.6) is 11.5 Å². The minimum Gasteiger partial charge on any atom is -0.497 e. The Kier molecular flexibility index (Phi) is 5.65. The number of anilines is 4. The van der Waals surface area contributed by atoms with Crippen LogP contribution in [-0.2, 0) is 0 Å². The largest absolute Gasteiger partial charge is 0.497 e. The third-order valence-corrected chi connectivity index (χ3v) is 4.97. The number of aromatic nitrogens is 2. The Morgan fingerprint density at radius 3 is 2.45 bits per heavy atom. The van der Waals surface area contributed by atoms with E-state index in [0.717, 1.165) is 60.8 Å². The van der Waals surface area contributed by atoms with E-state index < -0.39 is 0 Å². The summed E-state index contributed by atoms with van der Waals surface area (Å²) in [6.07, 6.45) is 1.79. The fourth-order valence-electron chi connectivity index (χ4n) is 3.46. The average molecular weight is 391 g/mol. The first-order valence-electron chi connectivity index (χ1n) is 9.64. The van der Waals surface area contributed by atoms with Gasteiger partial charge in [-0.05, 0) is 30.3 Å². The molecule has 7 heteroatoms. The zero-order chi connectivity index (χ0) is 20.1. The van der Waals surface area contributed by atoms with Crippen LogP contribution in [0.4, 0.5) is 23.1 Å². The molecular weight excluding hydrogens is 366 g/mol. The van der Waals surface area contributed by atoms with Crippen LogP contribution >= 0.6 is 0 Å². The molecule has 1 N–H and O–H groups in total. The van der Waals surface area contributed by atoms with Gasteiger partial charge in [0.15, 0.2) is 0 Å². The highest BCUT2D eigenvalue weighted by molar-refractivity contribution is 5.60. The van der Waals surface area contributed by atoms with E-state index in [9.17, 15) is 0 Å². The van der Waals surface area contributed by atoms with E-state index in [1.165, 1.54) is 0 Å². The van der Waals surface area contributed by atoms with Crippen molar-refractivity contribution in [2.45, 2.75) is 0 Å². The molecule has 2 heterocycles. The van der Waals surface area contributed by atoms with Gasteiger partial charge in [-0.3, -0.25) is 0 Å². The van der Waals surface area contributed by atoms with Gasteiger partial charge in [0.2, 0.25) is 5.95 Å². The van der Waals surface area contributed by atoms with E-state index in [1.54, 1.807) is 20.4 Å². The van der Waals surface area contributed by atoms with Gasteiger partial charge in [0.25, 0.3) is 0 Å². The van der Waals surface area contributed by atoms with Crippen LogP contribution in [0.2, 0.25) is 0 Å². The highest BCUT2D eigenvalue weighted by Crippen LogP contribution is 2.29. The van der Waals surface area contributed by atoms with E-state index in [4.69, 9.17) is 14.5 Å². The number of nitrogens with one attached hydrogen (secondary N) is 1. The summed E-state index contributed by atoms with van der Waals surface area (Å²) < 4.78 is 10.8. The van der Waals surface area contributed by atoms with Crippen LogP contribution < -0.4 is 24.6 Å². The molecule has 4 rings (SSSR count). The summed E-state index contributed by atoms with van der Waals surface area (Å²) >= 11 is 0. The minimum absolute atomic E-state index is 0.734. The lowest BCUT2D eigenvalue weighted by Crippen LogP contribution is -2.47. The Bertz CT molecular complexity index is 957. The van der Waals surface area contributed by atoms with Gasteiger partial charge in [0.1, 0.15) is 17.3 Å². The summed E-state index contributed by atoms with van der Waals surface area (Å²) in [5, 5.41) is 3.32. The van der Waals surface area contributed by atoms with Crippen molar-refractivity contribution in [2.75, 3.05) is 55.5 Å². The topological polar surface area (TPSA) is 62.8 Å². The van der Waals surface area contributed by atoms with Gasteiger partial charge in [-0.25, -0.2) is 4.98 Å². The van der Waals surface area contributed by atoms with E-state index >= 15 is 0 Å². The molecule has 2 aromatic carbocycles. The zero-order valence-corrected chi connectivity index (χ0v) is 16.7. The van der Waals surface area contributed by atoms with Crippen LogP contribution in [0.25, 0.3) is 0 Å². The second kappa shape index (κ2) is 8.68. The molecule has 150 valence electrons. The van der Waals surface area contributed by atoms with Crippen LogP contribution in [0.15, 0.2) is 60.8 Å². The number of piperazine rings is 1. The molecule has 0 amide bonds. The van der Waals surface area contributed by atoms with Crippen LogP contribution in [0, 0.1) is 0 Å². The normalized spacial score (nSPS) is 13.9. The third kappa shape index (κ3) is 4.34. The maximum absolute atomic E-state index is 5.50. The van der Waals surface area contributed by atoms with Crippen molar-refractivity contribution in [3.63, 3.8) is 0 Å². The molecule has 7 nitrogen and oxygen atoms in total. The first-order valence-corrected chi connectivity index (χ1v) is 9.64. The predicted molar refractivity (Wildman–Crippen MR) is 116 cm³/mol. The lowest BCUT2D eigenvalue weighted by Gasteiger charge is -2.36. The molecule has 0 radical (unpaired) electrons. The molecule has 29 heavy (non-hydrogen) atoms. The highest BCUT2D eigenvalue weighted by Gasteiger charge is 2.21.